The predicted molar refractivity (Wildman–Crippen MR) is 60.4 cm³/mol. The molecule has 92 valence electrons. The third-order valence-electron chi connectivity index (χ3n) is 1.83. The monoisotopic (exact) mass is 317 g/mol. The van der Waals surface area contributed by atoms with Crippen molar-refractivity contribution in [3.05, 3.63) is 20.8 Å². The number of rotatable bonds is 5. The molecule has 1 atom stereocenters. The summed E-state index contributed by atoms with van der Waals surface area (Å²) in [4.78, 5) is 0.830. The van der Waals surface area contributed by atoms with E-state index in [1.807, 2.05) is 6.07 Å². The number of ether oxygens (including phenoxy) is 1. The zero-order valence-electron chi connectivity index (χ0n) is 8.26. The second-order valence-electron chi connectivity index (χ2n) is 3.10. The lowest BCUT2D eigenvalue weighted by Gasteiger charge is -2.15. The molecule has 0 aliphatic rings. The van der Waals surface area contributed by atoms with Crippen molar-refractivity contribution in [2.75, 3.05) is 13.2 Å². The van der Waals surface area contributed by atoms with Crippen LogP contribution in [0.25, 0.3) is 0 Å². The van der Waals surface area contributed by atoms with Gasteiger partial charge in [-0.25, -0.2) is 0 Å². The Bertz CT molecular complexity index is 329. The first-order chi connectivity index (χ1) is 7.42. The Kier molecular flexibility index (Phi) is 5.23. The van der Waals surface area contributed by atoms with Gasteiger partial charge in [0, 0.05) is 11.4 Å². The van der Waals surface area contributed by atoms with Gasteiger partial charge >= 0.3 is 6.18 Å². The van der Waals surface area contributed by atoms with Gasteiger partial charge in [0.05, 0.1) is 16.8 Å². The van der Waals surface area contributed by atoms with Crippen molar-refractivity contribution in [1.29, 1.82) is 0 Å². The Morgan fingerprint density at radius 1 is 1.44 bits per heavy atom. The Hall–Kier alpha value is -0.110. The lowest BCUT2D eigenvalue weighted by Crippen LogP contribution is -2.18. The normalized spacial score (nSPS) is 14.1. The smallest absolute Gasteiger partial charge is 0.371 e. The molecular formula is C9H11BrF3NOS. The summed E-state index contributed by atoms with van der Waals surface area (Å²) >= 11 is 4.68. The summed E-state index contributed by atoms with van der Waals surface area (Å²) in [6, 6.07) is 3.61. The van der Waals surface area contributed by atoms with Gasteiger partial charge in [0.25, 0.3) is 0 Å². The van der Waals surface area contributed by atoms with Crippen molar-refractivity contribution >= 4 is 27.3 Å². The molecule has 0 saturated carbocycles. The van der Waals surface area contributed by atoms with Crippen LogP contribution in [0.2, 0.25) is 0 Å². The Balaban J connectivity index is 2.44. The zero-order chi connectivity index (χ0) is 12.2. The minimum Gasteiger partial charge on any atom is -0.371 e. The van der Waals surface area contributed by atoms with Gasteiger partial charge in [-0.2, -0.15) is 13.2 Å². The van der Waals surface area contributed by atoms with Gasteiger partial charge in [-0.15, -0.1) is 11.3 Å². The maximum absolute atomic E-state index is 11.9. The predicted octanol–water partition coefficient (Wildman–Crippen LogP) is 3.48. The summed E-state index contributed by atoms with van der Waals surface area (Å²) in [5.74, 6) is 0. The molecule has 0 spiro atoms. The minimum atomic E-state index is -4.19. The average Bonchev–Trinajstić information content (AvgIpc) is 2.58. The van der Waals surface area contributed by atoms with Crippen LogP contribution < -0.4 is 5.73 Å². The largest absolute Gasteiger partial charge is 0.391 e. The Labute approximate surface area is 104 Å². The number of hydrogen-bond acceptors (Lipinski definition) is 3. The van der Waals surface area contributed by atoms with Gasteiger partial charge in [0.2, 0.25) is 0 Å². The van der Waals surface area contributed by atoms with Crippen molar-refractivity contribution in [1.82, 2.24) is 0 Å². The summed E-state index contributed by atoms with van der Waals surface area (Å²) in [5.41, 5.74) is 5.45. The summed E-state index contributed by atoms with van der Waals surface area (Å²) in [6.45, 7) is -0.189. The standard InChI is InChI=1S/C9H11BrF3NOS/c10-8-2-1-7(16-8)6(5-14)15-4-3-9(11,12)13/h1-2,6H,3-5,14H2. The summed E-state index contributed by atoms with van der Waals surface area (Å²) in [7, 11) is 0. The molecule has 1 rings (SSSR count). The molecule has 0 radical (unpaired) electrons. The molecule has 16 heavy (non-hydrogen) atoms. The Morgan fingerprint density at radius 3 is 2.56 bits per heavy atom. The second-order valence-corrected chi connectivity index (χ2v) is 5.60. The number of alkyl halides is 3. The molecule has 0 amide bonds. The van der Waals surface area contributed by atoms with E-state index >= 15 is 0 Å². The van der Waals surface area contributed by atoms with Crippen molar-refractivity contribution < 1.29 is 17.9 Å². The van der Waals surface area contributed by atoms with E-state index in [0.29, 0.717) is 0 Å². The van der Waals surface area contributed by atoms with Crippen LogP contribution in [0.4, 0.5) is 13.2 Å². The number of thiophene rings is 1. The SMILES string of the molecule is NCC(OCCC(F)(F)F)c1ccc(Br)s1. The van der Waals surface area contributed by atoms with Gasteiger partial charge in [-0.05, 0) is 28.1 Å². The van der Waals surface area contributed by atoms with Crippen molar-refractivity contribution in [3.8, 4) is 0 Å². The molecule has 1 heterocycles. The first kappa shape index (κ1) is 14.0. The van der Waals surface area contributed by atoms with Crippen molar-refractivity contribution in [3.63, 3.8) is 0 Å². The van der Waals surface area contributed by atoms with E-state index in [0.717, 1.165) is 8.66 Å². The molecule has 2 N–H and O–H groups in total. The van der Waals surface area contributed by atoms with E-state index in [9.17, 15) is 13.2 Å². The fraction of sp³-hybridized carbons (Fsp3) is 0.556. The molecule has 0 fully saturated rings. The van der Waals surface area contributed by atoms with E-state index in [-0.39, 0.29) is 13.2 Å². The maximum Gasteiger partial charge on any atom is 0.391 e. The lowest BCUT2D eigenvalue weighted by molar-refractivity contribution is -0.148. The van der Waals surface area contributed by atoms with Crippen LogP contribution in [0.1, 0.15) is 17.4 Å². The summed E-state index contributed by atoms with van der Waals surface area (Å²) in [5, 5.41) is 0. The average molecular weight is 318 g/mol. The Morgan fingerprint density at radius 2 is 2.12 bits per heavy atom. The summed E-state index contributed by atoms with van der Waals surface area (Å²) < 4.78 is 41.7. The molecule has 2 nitrogen and oxygen atoms in total. The van der Waals surface area contributed by atoms with Crippen LogP contribution in [0, 0.1) is 0 Å². The molecule has 0 bridgehead atoms. The molecule has 1 aromatic heterocycles. The first-order valence-electron chi connectivity index (χ1n) is 4.56. The quantitative estimate of drug-likeness (QED) is 0.902. The van der Waals surface area contributed by atoms with E-state index in [2.05, 4.69) is 15.9 Å². The third-order valence-corrected chi connectivity index (χ3v) is 3.55. The minimum absolute atomic E-state index is 0.171. The van der Waals surface area contributed by atoms with Crippen molar-refractivity contribution in [2.24, 2.45) is 5.73 Å². The molecular weight excluding hydrogens is 307 g/mol. The molecule has 7 heteroatoms. The van der Waals surface area contributed by atoms with Gasteiger partial charge in [-0.3, -0.25) is 0 Å². The first-order valence-corrected chi connectivity index (χ1v) is 6.17. The third kappa shape index (κ3) is 4.82. The van der Waals surface area contributed by atoms with E-state index in [1.165, 1.54) is 11.3 Å². The number of hydrogen-bond donors (Lipinski definition) is 1. The van der Waals surface area contributed by atoms with Gasteiger partial charge in [0.15, 0.2) is 0 Å². The molecule has 0 aliphatic heterocycles. The molecule has 0 aromatic carbocycles. The van der Waals surface area contributed by atoms with E-state index < -0.39 is 18.7 Å². The van der Waals surface area contributed by atoms with Gasteiger partial charge < -0.3 is 10.5 Å². The molecule has 1 aromatic rings. The molecule has 0 saturated heterocycles. The van der Waals surface area contributed by atoms with Crippen LogP contribution in [0.3, 0.4) is 0 Å². The topological polar surface area (TPSA) is 35.2 Å². The van der Waals surface area contributed by atoms with Gasteiger partial charge in [-0.1, -0.05) is 0 Å². The fourth-order valence-corrected chi connectivity index (χ4v) is 2.57. The zero-order valence-corrected chi connectivity index (χ0v) is 10.7. The number of halogens is 4. The van der Waals surface area contributed by atoms with Gasteiger partial charge in [0.1, 0.15) is 6.10 Å². The maximum atomic E-state index is 11.9. The highest BCUT2D eigenvalue weighted by molar-refractivity contribution is 9.11. The van der Waals surface area contributed by atoms with E-state index in [4.69, 9.17) is 10.5 Å². The van der Waals surface area contributed by atoms with E-state index in [1.54, 1.807) is 6.07 Å². The second kappa shape index (κ2) is 6.00. The van der Waals surface area contributed by atoms with Crippen LogP contribution in [0.15, 0.2) is 15.9 Å². The number of nitrogens with two attached hydrogens (primary N) is 1. The molecule has 0 aliphatic carbocycles. The van der Waals surface area contributed by atoms with Crippen LogP contribution in [0.5, 0.6) is 0 Å². The van der Waals surface area contributed by atoms with Crippen LogP contribution >= 0.6 is 27.3 Å². The van der Waals surface area contributed by atoms with Crippen molar-refractivity contribution in [2.45, 2.75) is 18.7 Å². The summed E-state index contributed by atoms with van der Waals surface area (Å²) in [6.07, 6.45) is -5.59. The van der Waals surface area contributed by atoms with Crippen LogP contribution in [-0.4, -0.2) is 19.3 Å². The highest BCUT2D eigenvalue weighted by Gasteiger charge is 2.27. The van der Waals surface area contributed by atoms with Crippen LogP contribution in [-0.2, 0) is 4.74 Å². The lowest BCUT2D eigenvalue weighted by atomic mass is 10.3. The highest BCUT2D eigenvalue weighted by Crippen LogP contribution is 2.29. The fourth-order valence-electron chi connectivity index (χ4n) is 1.08. The highest BCUT2D eigenvalue weighted by atomic mass is 79.9. The molecule has 1 unspecified atom stereocenters.